The Labute approximate surface area is 122 Å². The highest BCUT2D eigenvalue weighted by atomic mass is 32.2. The van der Waals surface area contributed by atoms with E-state index in [0.29, 0.717) is 29.4 Å². The number of hydrogen-bond donors (Lipinski definition) is 0. The van der Waals surface area contributed by atoms with Crippen LogP contribution in [0.5, 0.6) is 0 Å². The molecule has 0 N–H and O–H groups in total. The van der Waals surface area contributed by atoms with Gasteiger partial charge in [-0.1, -0.05) is 32.0 Å². The van der Waals surface area contributed by atoms with Crippen LogP contribution in [-0.4, -0.2) is 37.2 Å². The summed E-state index contributed by atoms with van der Waals surface area (Å²) in [7, 11) is -3.21. The summed E-state index contributed by atoms with van der Waals surface area (Å²) in [6, 6.07) is 9.60. The summed E-state index contributed by atoms with van der Waals surface area (Å²) in [4.78, 5) is 2.80. The normalized spacial score (nSPS) is 24.7. The van der Waals surface area contributed by atoms with Crippen molar-refractivity contribution in [3.8, 4) is 0 Å². The van der Waals surface area contributed by atoms with Crippen LogP contribution in [-0.2, 0) is 9.84 Å². The van der Waals surface area contributed by atoms with Crippen molar-refractivity contribution in [3.63, 3.8) is 0 Å². The van der Waals surface area contributed by atoms with Crippen molar-refractivity contribution in [2.24, 2.45) is 5.92 Å². The quantitative estimate of drug-likeness (QED) is 0.857. The number of benzene rings is 1. The Balaban J connectivity index is 2.27. The van der Waals surface area contributed by atoms with Crippen LogP contribution in [0.25, 0.3) is 0 Å². The monoisotopic (exact) mass is 295 g/mol. The molecule has 1 aliphatic rings. The molecule has 0 radical (unpaired) electrons. The lowest BCUT2D eigenvalue weighted by Crippen LogP contribution is -2.39. The van der Waals surface area contributed by atoms with Crippen LogP contribution in [0.2, 0.25) is 0 Å². The van der Waals surface area contributed by atoms with Crippen LogP contribution in [0.15, 0.2) is 35.2 Å². The maximum absolute atomic E-state index is 12.7. The van der Waals surface area contributed by atoms with E-state index in [2.05, 4.69) is 32.6 Å². The van der Waals surface area contributed by atoms with E-state index >= 15 is 0 Å². The van der Waals surface area contributed by atoms with Crippen molar-refractivity contribution in [3.05, 3.63) is 30.3 Å². The molecule has 0 aromatic heterocycles. The smallest absolute Gasteiger partial charge is 0.182 e. The number of hydrogen-bond acceptors (Lipinski definition) is 3. The minimum atomic E-state index is -3.21. The molecule has 1 fully saturated rings. The third kappa shape index (κ3) is 2.91. The molecule has 0 spiro atoms. The van der Waals surface area contributed by atoms with Gasteiger partial charge in [-0.2, -0.15) is 0 Å². The molecular formula is C16H25NO2S. The third-order valence-electron chi connectivity index (χ3n) is 4.29. The molecule has 1 heterocycles. The molecular weight excluding hydrogens is 270 g/mol. The Bertz CT molecular complexity index is 521. The van der Waals surface area contributed by atoms with Gasteiger partial charge in [-0.3, -0.25) is 4.90 Å². The molecule has 3 nitrogen and oxygen atoms in total. The lowest BCUT2D eigenvalue weighted by molar-refractivity contribution is 0.166. The number of rotatable bonds is 4. The third-order valence-corrected chi connectivity index (χ3v) is 6.44. The van der Waals surface area contributed by atoms with Crippen LogP contribution in [0, 0.1) is 5.92 Å². The van der Waals surface area contributed by atoms with E-state index < -0.39 is 9.84 Å². The largest absolute Gasteiger partial charge is 0.296 e. The molecule has 0 bridgehead atoms. The van der Waals surface area contributed by atoms with Crippen molar-refractivity contribution < 1.29 is 8.42 Å². The standard InChI is InChI=1S/C16H25NO2S/c1-12(2)16-10-15(11-17(16)13(3)4)20(18,19)14-8-6-5-7-9-14/h5-9,12-13,15-16H,10-11H2,1-4H3. The average molecular weight is 295 g/mol. The van der Waals surface area contributed by atoms with Crippen LogP contribution < -0.4 is 0 Å². The van der Waals surface area contributed by atoms with E-state index in [1.54, 1.807) is 24.3 Å². The summed E-state index contributed by atoms with van der Waals surface area (Å²) < 4.78 is 25.5. The number of likely N-dealkylation sites (tertiary alicyclic amines) is 1. The van der Waals surface area contributed by atoms with E-state index in [-0.39, 0.29) is 5.25 Å². The molecule has 0 saturated carbocycles. The predicted octanol–water partition coefficient (Wildman–Crippen LogP) is 2.97. The van der Waals surface area contributed by atoms with Crippen LogP contribution in [0.4, 0.5) is 0 Å². The van der Waals surface area contributed by atoms with Crippen molar-refractivity contribution in [1.82, 2.24) is 4.90 Å². The molecule has 0 amide bonds. The molecule has 20 heavy (non-hydrogen) atoms. The molecule has 2 atom stereocenters. The average Bonchev–Trinajstić information content (AvgIpc) is 2.85. The van der Waals surface area contributed by atoms with Crippen molar-refractivity contribution in [2.45, 2.75) is 56.3 Å². The fraction of sp³-hybridized carbons (Fsp3) is 0.625. The first kappa shape index (κ1) is 15.5. The fourth-order valence-corrected chi connectivity index (χ4v) is 4.87. The lowest BCUT2D eigenvalue weighted by atomic mass is 10.0. The van der Waals surface area contributed by atoms with Gasteiger partial charge in [0.15, 0.2) is 9.84 Å². The van der Waals surface area contributed by atoms with Crippen molar-refractivity contribution in [1.29, 1.82) is 0 Å². The van der Waals surface area contributed by atoms with E-state index in [9.17, 15) is 8.42 Å². The second kappa shape index (κ2) is 5.86. The Morgan fingerprint density at radius 2 is 1.70 bits per heavy atom. The maximum atomic E-state index is 12.7. The molecule has 2 unspecified atom stereocenters. The van der Waals surface area contributed by atoms with E-state index in [0.717, 1.165) is 6.42 Å². The SMILES string of the molecule is CC(C)C1CC(S(=O)(=O)c2ccccc2)CN1C(C)C. The van der Waals surface area contributed by atoms with Gasteiger partial charge in [-0.15, -0.1) is 0 Å². The Morgan fingerprint density at radius 1 is 1.10 bits per heavy atom. The Morgan fingerprint density at radius 3 is 2.15 bits per heavy atom. The first-order valence-electron chi connectivity index (χ1n) is 7.38. The van der Waals surface area contributed by atoms with Gasteiger partial charge in [0.2, 0.25) is 0 Å². The summed E-state index contributed by atoms with van der Waals surface area (Å²) in [5.74, 6) is 0.480. The topological polar surface area (TPSA) is 37.4 Å². The van der Waals surface area contributed by atoms with Crippen LogP contribution in [0.3, 0.4) is 0 Å². The summed E-state index contributed by atoms with van der Waals surface area (Å²) in [5.41, 5.74) is 0. The van der Waals surface area contributed by atoms with Gasteiger partial charge in [-0.05, 0) is 38.3 Å². The van der Waals surface area contributed by atoms with Gasteiger partial charge in [0.25, 0.3) is 0 Å². The van der Waals surface area contributed by atoms with Crippen molar-refractivity contribution in [2.75, 3.05) is 6.54 Å². The summed E-state index contributed by atoms with van der Waals surface area (Å²) in [6.07, 6.45) is 0.743. The highest BCUT2D eigenvalue weighted by Gasteiger charge is 2.41. The first-order chi connectivity index (χ1) is 9.34. The lowest BCUT2D eigenvalue weighted by Gasteiger charge is -2.30. The van der Waals surface area contributed by atoms with Gasteiger partial charge < -0.3 is 0 Å². The second-order valence-electron chi connectivity index (χ2n) is 6.32. The number of nitrogens with zero attached hydrogens (tertiary/aromatic N) is 1. The molecule has 112 valence electrons. The van der Waals surface area contributed by atoms with Crippen LogP contribution in [0.1, 0.15) is 34.1 Å². The zero-order chi connectivity index (χ0) is 14.9. The summed E-state index contributed by atoms with van der Waals surface area (Å²) in [6.45, 7) is 9.30. The molecule has 2 rings (SSSR count). The summed E-state index contributed by atoms with van der Waals surface area (Å²) >= 11 is 0. The molecule has 4 heteroatoms. The van der Waals surface area contributed by atoms with Gasteiger partial charge in [0.1, 0.15) is 0 Å². The highest BCUT2D eigenvalue weighted by molar-refractivity contribution is 7.92. The van der Waals surface area contributed by atoms with Gasteiger partial charge in [0.05, 0.1) is 10.1 Å². The molecule has 1 aromatic rings. The zero-order valence-corrected chi connectivity index (χ0v) is 13.6. The Kier molecular flexibility index (Phi) is 4.55. The van der Waals surface area contributed by atoms with Gasteiger partial charge in [-0.25, -0.2) is 8.42 Å². The molecule has 0 aliphatic carbocycles. The van der Waals surface area contributed by atoms with Crippen LogP contribution >= 0.6 is 0 Å². The van der Waals surface area contributed by atoms with Crippen molar-refractivity contribution >= 4 is 9.84 Å². The Hall–Kier alpha value is -0.870. The zero-order valence-electron chi connectivity index (χ0n) is 12.8. The van der Waals surface area contributed by atoms with E-state index in [1.165, 1.54) is 0 Å². The van der Waals surface area contributed by atoms with Gasteiger partial charge >= 0.3 is 0 Å². The summed E-state index contributed by atoms with van der Waals surface area (Å²) in [5, 5.41) is -0.278. The van der Waals surface area contributed by atoms with Gasteiger partial charge in [0, 0.05) is 18.6 Å². The molecule has 1 saturated heterocycles. The minimum absolute atomic E-state index is 0.278. The van der Waals surface area contributed by atoms with E-state index in [4.69, 9.17) is 0 Å². The number of sulfone groups is 1. The highest BCUT2D eigenvalue weighted by Crippen LogP contribution is 2.32. The predicted molar refractivity (Wildman–Crippen MR) is 82.5 cm³/mol. The minimum Gasteiger partial charge on any atom is -0.296 e. The first-order valence-corrected chi connectivity index (χ1v) is 8.93. The molecule has 1 aromatic carbocycles. The maximum Gasteiger partial charge on any atom is 0.182 e. The molecule has 1 aliphatic heterocycles. The van der Waals surface area contributed by atoms with E-state index in [1.807, 2.05) is 6.07 Å². The second-order valence-corrected chi connectivity index (χ2v) is 8.55. The fourth-order valence-electron chi connectivity index (χ4n) is 3.13.